The van der Waals surface area contributed by atoms with Crippen LogP contribution in [0, 0.1) is 0 Å². The Morgan fingerprint density at radius 1 is 1.56 bits per heavy atom. The summed E-state index contributed by atoms with van der Waals surface area (Å²) in [6.45, 7) is 2.35. The lowest BCUT2D eigenvalue weighted by atomic mass is 10.3. The van der Waals surface area contributed by atoms with E-state index in [0.29, 0.717) is 11.7 Å². The number of anilines is 1. The quantitative estimate of drug-likeness (QED) is 0.530. The topological polar surface area (TPSA) is 56.2 Å². The SMILES string of the molecule is CCOC(=O)C[n+]1c(N)sc2cc(SC)ccc21. The minimum atomic E-state index is -0.261. The molecular formula is C12H15N2O2S2+. The minimum absolute atomic E-state index is 0.165. The zero-order chi connectivity index (χ0) is 13.1. The molecule has 0 saturated carbocycles. The summed E-state index contributed by atoms with van der Waals surface area (Å²) in [5, 5.41) is 0.622. The summed E-state index contributed by atoms with van der Waals surface area (Å²) in [4.78, 5) is 12.7. The molecule has 0 radical (unpaired) electrons. The molecule has 6 heteroatoms. The second kappa shape index (κ2) is 5.58. The van der Waals surface area contributed by atoms with E-state index in [4.69, 9.17) is 10.5 Å². The van der Waals surface area contributed by atoms with E-state index in [1.807, 2.05) is 18.4 Å². The van der Waals surface area contributed by atoms with E-state index in [1.54, 1.807) is 23.3 Å². The molecule has 0 atom stereocenters. The third-order valence-corrected chi connectivity index (χ3v) is 4.23. The number of nitrogens with zero attached hydrogens (tertiary/aromatic N) is 1. The number of rotatable bonds is 4. The van der Waals surface area contributed by atoms with Gasteiger partial charge in [-0.3, -0.25) is 5.73 Å². The largest absolute Gasteiger partial charge is 0.463 e. The monoisotopic (exact) mass is 283 g/mol. The Morgan fingerprint density at radius 2 is 2.33 bits per heavy atom. The highest BCUT2D eigenvalue weighted by molar-refractivity contribution is 7.98. The van der Waals surface area contributed by atoms with Gasteiger partial charge in [0.2, 0.25) is 0 Å². The van der Waals surface area contributed by atoms with Crippen molar-refractivity contribution in [1.82, 2.24) is 0 Å². The van der Waals surface area contributed by atoms with Crippen molar-refractivity contribution in [3.05, 3.63) is 18.2 Å². The standard InChI is InChI=1S/C12H14N2O2S2/c1-3-16-11(15)7-14-9-5-4-8(17-2)6-10(9)18-12(14)13/h4-6,13H,3,7H2,1-2H3/p+1. The summed E-state index contributed by atoms with van der Waals surface area (Å²) in [6, 6.07) is 6.11. The molecule has 0 unspecified atom stereocenters. The Hall–Kier alpha value is -1.27. The van der Waals surface area contributed by atoms with E-state index in [0.717, 1.165) is 10.2 Å². The van der Waals surface area contributed by atoms with Crippen LogP contribution in [0.3, 0.4) is 0 Å². The van der Waals surface area contributed by atoms with Gasteiger partial charge in [-0.1, -0.05) is 0 Å². The Kier molecular flexibility index (Phi) is 4.08. The predicted molar refractivity (Wildman–Crippen MR) is 74.8 cm³/mol. The lowest BCUT2D eigenvalue weighted by Gasteiger charge is -2.01. The number of nitrogens with two attached hydrogens (primary N) is 1. The lowest BCUT2D eigenvalue weighted by molar-refractivity contribution is -0.641. The maximum Gasteiger partial charge on any atom is 0.348 e. The number of benzene rings is 1. The zero-order valence-corrected chi connectivity index (χ0v) is 11.9. The van der Waals surface area contributed by atoms with Crippen LogP contribution >= 0.6 is 23.1 Å². The van der Waals surface area contributed by atoms with Crippen LogP contribution in [0.1, 0.15) is 6.92 Å². The molecule has 96 valence electrons. The van der Waals surface area contributed by atoms with Gasteiger partial charge in [0.05, 0.1) is 11.3 Å². The fraction of sp³-hybridized carbons (Fsp3) is 0.333. The number of nitrogen functional groups attached to an aromatic ring is 1. The second-order valence-electron chi connectivity index (χ2n) is 3.67. The number of esters is 1. The molecule has 2 aromatic rings. The molecular weight excluding hydrogens is 268 g/mol. The summed E-state index contributed by atoms with van der Waals surface area (Å²) in [5.74, 6) is -0.261. The van der Waals surface area contributed by atoms with Crippen molar-refractivity contribution in [1.29, 1.82) is 0 Å². The molecule has 0 bridgehead atoms. The first-order valence-electron chi connectivity index (χ1n) is 5.57. The highest BCUT2D eigenvalue weighted by Crippen LogP contribution is 2.26. The van der Waals surface area contributed by atoms with Crippen molar-refractivity contribution in [2.24, 2.45) is 0 Å². The summed E-state index contributed by atoms with van der Waals surface area (Å²) in [5.41, 5.74) is 6.93. The number of aromatic nitrogens is 1. The normalized spacial score (nSPS) is 10.8. The van der Waals surface area contributed by atoms with E-state index in [-0.39, 0.29) is 12.5 Å². The highest BCUT2D eigenvalue weighted by Gasteiger charge is 2.18. The van der Waals surface area contributed by atoms with Gasteiger partial charge in [-0.25, -0.2) is 9.36 Å². The minimum Gasteiger partial charge on any atom is -0.463 e. The zero-order valence-electron chi connectivity index (χ0n) is 10.3. The van der Waals surface area contributed by atoms with Gasteiger partial charge >= 0.3 is 11.1 Å². The van der Waals surface area contributed by atoms with Gasteiger partial charge in [0.25, 0.3) is 0 Å². The molecule has 2 N–H and O–H groups in total. The molecule has 0 amide bonds. The van der Waals surface area contributed by atoms with Crippen LogP contribution in [0.5, 0.6) is 0 Å². The molecule has 2 rings (SSSR count). The van der Waals surface area contributed by atoms with E-state index >= 15 is 0 Å². The maximum absolute atomic E-state index is 11.5. The van der Waals surface area contributed by atoms with E-state index in [1.165, 1.54) is 16.2 Å². The van der Waals surface area contributed by atoms with Crippen LogP contribution in [0.25, 0.3) is 10.2 Å². The number of ether oxygens (including phenoxy) is 1. The van der Waals surface area contributed by atoms with Crippen LogP contribution < -0.4 is 10.3 Å². The third kappa shape index (κ3) is 2.59. The fourth-order valence-electron chi connectivity index (χ4n) is 1.71. The number of hydrogen-bond acceptors (Lipinski definition) is 5. The number of thiazole rings is 1. The van der Waals surface area contributed by atoms with Crippen molar-refractivity contribution in [2.75, 3.05) is 18.6 Å². The average Bonchev–Trinajstić information content (AvgIpc) is 2.65. The number of thioether (sulfide) groups is 1. The van der Waals surface area contributed by atoms with E-state index < -0.39 is 0 Å². The van der Waals surface area contributed by atoms with Crippen molar-refractivity contribution in [3.8, 4) is 0 Å². The maximum atomic E-state index is 11.5. The Balaban J connectivity index is 2.38. The molecule has 1 aromatic heterocycles. The summed E-state index contributed by atoms with van der Waals surface area (Å²) in [7, 11) is 0. The first kappa shape index (κ1) is 13.2. The van der Waals surface area contributed by atoms with E-state index in [9.17, 15) is 4.79 Å². The third-order valence-electron chi connectivity index (χ3n) is 2.53. The molecule has 1 heterocycles. The van der Waals surface area contributed by atoms with Crippen LogP contribution in [0.15, 0.2) is 23.1 Å². The molecule has 0 spiro atoms. The van der Waals surface area contributed by atoms with Gasteiger partial charge in [0.1, 0.15) is 5.52 Å². The smallest absolute Gasteiger partial charge is 0.348 e. The Morgan fingerprint density at radius 3 is 3.00 bits per heavy atom. The average molecular weight is 283 g/mol. The van der Waals surface area contributed by atoms with Crippen molar-refractivity contribution in [3.63, 3.8) is 0 Å². The molecule has 18 heavy (non-hydrogen) atoms. The number of carbonyl (C=O) groups excluding carboxylic acids is 1. The molecule has 1 aromatic carbocycles. The molecule has 0 saturated heterocycles. The fourth-order valence-corrected chi connectivity index (χ4v) is 3.19. The summed E-state index contributed by atoms with van der Waals surface area (Å²) < 4.78 is 7.83. The number of fused-ring (bicyclic) bond motifs is 1. The van der Waals surface area contributed by atoms with Gasteiger partial charge in [0.15, 0.2) is 6.54 Å². The highest BCUT2D eigenvalue weighted by atomic mass is 32.2. The van der Waals surface area contributed by atoms with Crippen LogP contribution in [-0.2, 0) is 16.1 Å². The van der Waals surface area contributed by atoms with Crippen molar-refractivity contribution >= 4 is 44.4 Å². The summed E-state index contributed by atoms with van der Waals surface area (Å²) >= 11 is 3.17. The van der Waals surface area contributed by atoms with Crippen LogP contribution in [0.2, 0.25) is 0 Å². The summed E-state index contributed by atoms with van der Waals surface area (Å²) in [6.07, 6.45) is 2.03. The van der Waals surface area contributed by atoms with Gasteiger partial charge in [-0.2, -0.15) is 0 Å². The van der Waals surface area contributed by atoms with Crippen molar-refractivity contribution in [2.45, 2.75) is 18.4 Å². The number of carbonyl (C=O) groups is 1. The van der Waals surface area contributed by atoms with E-state index in [2.05, 4.69) is 6.07 Å². The lowest BCUT2D eigenvalue weighted by Crippen LogP contribution is -2.39. The molecule has 0 aliphatic carbocycles. The molecule has 0 aliphatic rings. The predicted octanol–water partition coefficient (Wildman–Crippen LogP) is 2.06. The van der Waals surface area contributed by atoms with Gasteiger partial charge in [0, 0.05) is 4.90 Å². The molecule has 0 fully saturated rings. The molecule has 0 aliphatic heterocycles. The Labute approximate surface area is 114 Å². The second-order valence-corrected chi connectivity index (χ2v) is 5.61. The first-order valence-corrected chi connectivity index (χ1v) is 7.61. The van der Waals surface area contributed by atoms with Gasteiger partial charge in [-0.15, -0.1) is 11.8 Å². The molecule has 4 nitrogen and oxygen atoms in total. The Bertz CT molecular complexity index is 581. The van der Waals surface area contributed by atoms with Crippen molar-refractivity contribution < 1.29 is 14.1 Å². The van der Waals surface area contributed by atoms with Crippen LogP contribution in [0.4, 0.5) is 5.13 Å². The van der Waals surface area contributed by atoms with Gasteiger partial charge < -0.3 is 4.74 Å². The number of hydrogen-bond donors (Lipinski definition) is 1. The van der Waals surface area contributed by atoms with Gasteiger partial charge in [-0.05, 0) is 42.7 Å². The first-order chi connectivity index (χ1) is 8.65. The van der Waals surface area contributed by atoms with Crippen LogP contribution in [-0.4, -0.2) is 18.8 Å².